The summed E-state index contributed by atoms with van der Waals surface area (Å²) in [6, 6.07) is 5.64. The van der Waals surface area contributed by atoms with Crippen LogP contribution < -0.4 is 5.32 Å². The van der Waals surface area contributed by atoms with Gasteiger partial charge in [-0.15, -0.1) is 0 Å². The number of benzene rings is 1. The lowest BCUT2D eigenvalue weighted by Crippen LogP contribution is -2.08. The van der Waals surface area contributed by atoms with Crippen LogP contribution in [-0.2, 0) is 19.7 Å². The molecular weight excluding hydrogens is 380 g/mol. The fourth-order valence-corrected chi connectivity index (χ4v) is 5.38. The molecule has 10 heteroatoms. The average Bonchev–Trinajstić information content (AvgIpc) is 2.90. The van der Waals surface area contributed by atoms with Crippen LogP contribution in [0.3, 0.4) is 0 Å². The van der Waals surface area contributed by atoms with E-state index < -0.39 is 19.7 Å². The van der Waals surface area contributed by atoms with Crippen molar-refractivity contribution in [1.29, 1.82) is 0 Å². The summed E-state index contributed by atoms with van der Waals surface area (Å²) in [6.07, 6.45) is 1.75. The number of hydrogen-bond acceptors (Lipinski definition) is 7. The summed E-state index contributed by atoms with van der Waals surface area (Å²) in [7, 11) is -7.54. The molecule has 0 saturated carbocycles. The van der Waals surface area contributed by atoms with Crippen molar-refractivity contribution in [3.8, 4) is 0 Å². The fourth-order valence-electron chi connectivity index (χ4n) is 1.70. The molecule has 0 aliphatic heterocycles. The van der Waals surface area contributed by atoms with Gasteiger partial charge >= 0.3 is 0 Å². The molecule has 0 aliphatic rings. The number of aromatic nitrogens is 1. The Morgan fingerprint density at radius 1 is 1.17 bits per heavy atom. The number of nitrogens with zero attached hydrogens (tertiary/aromatic N) is 1. The van der Waals surface area contributed by atoms with Crippen molar-refractivity contribution in [3.05, 3.63) is 29.3 Å². The van der Waals surface area contributed by atoms with Crippen molar-refractivity contribution in [2.24, 2.45) is 0 Å². The van der Waals surface area contributed by atoms with E-state index in [1.54, 1.807) is 0 Å². The highest BCUT2D eigenvalue weighted by atomic mass is 35.5. The smallest absolute Gasteiger partial charge is 0.226 e. The lowest BCUT2D eigenvalue weighted by molar-refractivity contribution is 0.591. The Bertz CT molecular complexity index is 903. The predicted molar refractivity (Wildman–Crippen MR) is 90.9 cm³/mol. The summed E-state index contributed by atoms with van der Waals surface area (Å²) < 4.78 is 48.6. The van der Waals surface area contributed by atoms with Crippen LogP contribution in [0, 0.1) is 0 Å². The number of sulfone groups is 2. The Kier molecular flexibility index (Phi) is 5.34. The van der Waals surface area contributed by atoms with Gasteiger partial charge in [0.25, 0.3) is 0 Å². The molecule has 1 aromatic heterocycles. The maximum atomic E-state index is 12.7. The SMILES string of the molecule is CCCNc1sc(S(C)(=O)=O)nc1S(=O)(=O)c1ccc(Cl)cc1. The van der Waals surface area contributed by atoms with Gasteiger partial charge in [-0.25, -0.2) is 21.8 Å². The Morgan fingerprint density at radius 2 is 1.78 bits per heavy atom. The molecule has 2 aromatic rings. The summed E-state index contributed by atoms with van der Waals surface area (Å²) in [5, 5.41) is 3.28. The zero-order valence-corrected chi connectivity index (χ0v) is 15.6. The number of rotatable bonds is 6. The molecule has 0 atom stereocenters. The van der Waals surface area contributed by atoms with E-state index in [0.717, 1.165) is 24.0 Å². The van der Waals surface area contributed by atoms with Crippen LogP contribution in [-0.4, -0.2) is 34.6 Å². The van der Waals surface area contributed by atoms with E-state index >= 15 is 0 Å². The molecule has 126 valence electrons. The van der Waals surface area contributed by atoms with Gasteiger partial charge in [0.05, 0.1) is 4.90 Å². The third kappa shape index (κ3) is 4.03. The van der Waals surface area contributed by atoms with E-state index in [9.17, 15) is 16.8 Å². The first kappa shape index (κ1) is 18.2. The van der Waals surface area contributed by atoms with Crippen molar-refractivity contribution >= 4 is 47.6 Å². The van der Waals surface area contributed by atoms with Crippen LogP contribution in [0.25, 0.3) is 0 Å². The third-order valence-electron chi connectivity index (χ3n) is 2.81. The van der Waals surface area contributed by atoms with E-state index in [-0.39, 0.29) is 19.3 Å². The van der Waals surface area contributed by atoms with Crippen molar-refractivity contribution in [2.75, 3.05) is 18.1 Å². The molecule has 0 spiro atoms. The van der Waals surface area contributed by atoms with Gasteiger partial charge in [0.1, 0.15) is 5.00 Å². The number of anilines is 1. The quantitative estimate of drug-likeness (QED) is 0.809. The molecule has 0 saturated heterocycles. The molecule has 0 aliphatic carbocycles. The van der Waals surface area contributed by atoms with Gasteiger partial charge < -0.3 is 5.32 Å². The second-order valence-electron chi connectivity index (χ2n) is 4.77. The van der Waals surface area contributed by atoms with Gasteiger partial charge in [0.2, 0.25) is 24.0 Å². The van der Waals surface area contributed by atoms with Crippen LogP contribution in [0.2, 0.25) is 5.02 Å². The maximum absolute atomic E-state index is 12.7. The first-order valence-electron chi connectivity index (χ1n) is 6.61. The summed E-state index contributed by atoms with van der Waals surface area (Å²) in [4.78, 5) is 3.86. The third-order valence-corrected chi connectivity index (χ3v) is 7.58. The molecule has 0 amide bonds. The Balaban J connectivity index is 2.59. The minimum absolute atomic E-state index is 0.00630. The van der Waals surface area contributed by atoms with Crippen LogP contribution in [0.4, 0.5) is 5.00 Å². The molecule has 23 heavy (non-hydrogen) atoms. The second-order valence-corrected chi connectivity index (χ2v) is 10.3. The van der Waals surface area contributed by atoms with E-state index in [1.807, 2.05) is 6.92 Å². The van der Waals surface area contributed by atoms with Crippen LogP contribution in [0.15, 0.2) is 38.5 Å². The van der Waals surface area contributed by atoms with Gasteiger partial charge in [-0.1, -0.05) is 29.9 Å². The van der Waals surface area contributed by atoms with E-state index in [0.29, 0.717) is 11.6 Å². The van der Waals surface area contributed by atoms with Crippen molar-refractivity contribution in [2.45, 2.75) is 27.6 Å². The highest BCUT2D eigenvalue weighted by Gasteiger charge is 2.28. The average molecular weight is 395 g/mol. The van der Waals surface area contributed by atoms with Gasteiger partial charge in [-0.05, 0) is 30.7 Å². The first-order valence-corrected chi connectivity index (χ1v) is 11.2. The molecule has 1 heterocycles. The highest BCUT2D eigenvalue weighted by Crippen LogP contribution is 2.34. The van der Waals surface area contributed by atoms with Crippen molar-refractivity contribution in [3.63, 3.8) is 0 Å². The van der Waals surface area contributed by atoms with Crippen LogP contribution in [0.1, 0.15) is 13.3 Å². The Hall–Kier alpha value is -1.16. The maximum Gasteiger partial charge on any atom is 0.226 e. The molecule has 2 rings (SSSR count). The normalized spacial score (nSPS) is 12.3. The van der Waals surface area contributed by atoms with E-state index in [2.05, 4.69) is 10.3 Å². The van der Waals surface area contributed by atoms with Crippen molar-refractivity contribution in [1.82, 2.24) is 4.98 Å². The summed E-state index contributed by atoms with van der Waals surface area (Å²) in [5.74, 6) is 0. The Morgan fingerprint density at radius 3 is 2.30 bits per heavy atom. The van der Waals surface area contributed by atoms with Gasteiger partial charge in [-0.2, -0.15) is 0 Å². The minimum Gasteiger partial charge on any atom is -0.374 e. The van der Waals surface area contributed by atoms with Crippen LogP contribution >= 0.6 is 22.9 Å². The summed E-state index contributed by atoms with van der Waals surface area (Å²) >= 11 is 6.59. The number of thiazole rings is 1. The first-order chi connectivity index (χ1) is 10.7. The van der Waals surface area contributed by atoms with Gasteiger partial charge in [0, 0.05) is 17.8 Å². The summed E-state index contributed by atoms with van der Waals surface area (Å²) in [6.45, 7) is 2.42. The van der Waals surface area contributed by atoms with Crippen LogP contribution in [0.5, 0.6) is 0 Å². The molecule has 0 bridgehead atoms. The number of nitrogens with one attached hydrogen (secondary N) is 1. The number of hydrogen-bond donors (Lipinski definition) is 1. The summed E-state index contributed by atoms with van der Waals surface area (Å²) in [5.41, 5.74) is 0. The molecule has 0 fully saturated rings. The zero-order chi connectivity index (χ0) is 17.3. The molecule has 0 unspecified atom stereocenters. The van der Waals surface area contributed by atoms with E-state index in [4.69, 9.17) is 11.6 Å². The lowest BCUT2D eigenvalue weighted by Gasteiger charge is -2.06. The molecule has 6 nitrogen and oxygen atoms in total. The van der Waals surface area contributed by atoms with Crippen molar-refractivity contribution < 1.29 is 16.8 Å². The minimum atomic E-state index is -3.94. The topological polar surface area (TPSA) is 93.2 Å². The molecule has 0 radical (unpaired) electrons. The highest BCUT2D eigenvalue weighted by molar-refractivity contribution is 7.93. The largest absolute Gasteiger partial charge is 0.374 e. The fraction of sp³-hybridized carbons (Fsp3) is 0.308. The lowest BCUT2D eigenvalue weighted by atomic mass is 10.4. The zero-order valence-electron chi connectivity index (χ0n) is 12.4. The molecular formula is C13H15ClN2O4S3. The molecule has 1 aromatic carbocycles. The van der Waals surface area contributed by atoms with E-state index in [1.165, 1.54) is 24.3 Å². The van der Waals surface area contributed by atoms with Gasteiger partial charge in [-0.3, -0.25) is 0 Å². The van der Waals surface area contributed by atoms with Gasteiger partial charge in [0.15, 0.2) is 5.03 Å². The number of halogens is 1. The molecule has 1 N–H and O–H groups in total. The Labute approximate surface area is 144 Å². The second kappa shape index (κ2) is 6.76. The standard InChI is InChI=1S/C13H15ClN2O4S3/c1-3-8-15-11-12(16-13(21-11)22(2,17)18)23(19,20)10-6-4-9(14)5-7-10/h4-7,15H,3,8H2,1-2H3. The predicted octanol–water partition coefficient (Wildman–Crippen LogP) is 2.85. The monoisotopic (exact) mass is 394 g/mol.